The van der Waals surface area contributed by atoms with Gasteiger partial charge in [-0.3, -0.25) is 19.7 Å². The van der Waals surface area contributed by atoms with E-state index < -0.39 is 0 Å². The fourth-order valence-electron chi connectivity index (χ4n) is 5.96. The fourth-order valence-corrected chi connectivity index (χ4v) is 5.96. The number of benzene rings is 1. The Morgan fingerprint density at radius 3 is 2.59 bits per heavy atom. The Bertz CT molecular complexity index is 1600. The monoisotopic (exact) mass is 503 g/mol. The van der Waals surface area contributed by atoms with Crippen molar-refractivity contribution in [1.82, 2.24) is 29.2 Å². The molecule has 6 rings (SSSR count). The predicted molar refractivity (Wildman–Crippen MR) is 145 cm³/mol. The van der Waals surface area contributed by atoms with Crippen molar-refractivity contribution in [3.05, 3.63) is 58.6 Å². The Labute approximate surface area is 219 Å². The summed E-state index contributed by atoms with van der Waals surface area (Å²) in [6, 6.07) is 9.83. The molecular formula is C28H35N7O2. The minimum atomic E-state index is -0.138. The molecule has 4 aromatic rings. The maximum Gasteiger partial charge on any atom is 0.250 e. The van der Waals surface area contributed by atoms with E-state index in [2.05, 4.69) is 40.5 Å². The van der Waals surface area contributed by atoms with Crippen LogP contribution in [-0.2, 0) is 11.8 Å². The van der Waals surface area contributed by atoms with Crippen LogP contribution in [0.25, 0.3) is 22.1 Å². The molecule has 5 heterocycles. The lowest BCUT2D eigenvalue weighted by atomic mass is 10.00. The Morgan fingerprint density at radius 2 is 1.81 bits per heavy atom. The quantitative estimate of drug-likeness (QED) is 0.416. The Hall–Kier alpha value is -3.30. The van der Waals surface area contributed by atoms with Crippen LogP contribution in [0.15, 0.2) is 47.5 Å². The molecule has 2 saturated heterocycles. The van der Waals surface area contributed by atoms with E-state index in [1.807, 2.05) is 36.0 Å². The van der Waals surface area contributed by atoms with E-state index in [1.165, 1.54) is 0 Å². The van der Waals surface area contributed by atoms with Crippen molar-refractivity contribution in [3.8, 4) is 0 Å². The van der Waals surface area contributed by atoms with Crippen molar-refractivity contribution in [3.63, 3.8) is 0 Å². The minimum Gasteiger partial charge on any atom is -0.356 e. The van der Waals surface area contributed by atoms with Crippen LogP contribution in [0.5, 0.6) is 0 Å². The van der Waals surface area contributed by atoms with E-state index >= 15 is 0 Å². The second kappa shape index (κ2) is 9.54. The molecule has 9 heteroatoms. The fraction of sp³-hybridized carbons (Fsp3) is 0.500. The standard InChI is InChI=1S/C28H35N7O2/c1-18-17-34(19(2)16-33(18)20(3)21-8-9-22-24(15-21)30-13-12-29-22)28-27-23(10-11-25(36)32(27)4)31-35(28)26-7-5-6-14-37-26/h8-13,15,18-20,26H,5-7,14,16-17H2,1-4H3/t18-,19+,20?,26?/m1/s1/i12D,13D. The van der Waals surface area contributed by atoms with Crippen LogP contribution < -0.4 is 10.5 Å². The van der Waals surface area contributed by atoms with Gasteiger partial charge in [-0.25, -0.2) is 4.68 Å². The molecule has 2 aliphatic rings. The van der Waals surface area contributed by atoms with Crippen molar-refractivity contribution in [2.75, 3.05) is 24.6 Å². The van der Waals surface area contributed by atoms with Gasteiger partial charge < -0.3 is 14.2 Å². The number of aromatic nitrogens is 5. The van der Waals surface area contributed by atoms with E-state index in [0.29, 0.717) is 11.0 Å². The molecule has 1 aromatic carbocycles. The van der Waals surface area contributed by atoms with Gasteiger partial charge in [-0.05, 0) is 63.8 Å². The van der Waals surface area contributed by atoms with Crippen molar-refractivity contribution < 1.29 is 7.48 Å². The van der Waals surface area contributed by atoms with Gasteiger partial charge in [-0.1, -0.05) is 6.07 Å². The summed E-state index contributed by atoms with van der Waals surface area (Å²) in [4.78, 5) is 26.0. The first-order valence-corrected chi connectivity index (χ1v) is 13.2. The average Bonchev–Trinajstić information content (AvgIpc) is 3.32. The van der Waals surface area contributed by atoms with Gasteiger partial charge in [0.25, 0.3) is 5.56 Å². The molecule has 0 amide bonds. The third-order valence-corrected chi connectivity index (χ3v) is 8.05. The van der Waals surface area contributed by atoms with Gasteiger partial charge in [0.15, 0.2) is 12.0 Å². The van der Waals surface area contributed by atoms with Gasteiger partial charge in [-0.2, -0.15) is 5.10 Å². The van der Waals surface area contributed by atoms with Gasteiger partial charge in [0.1, 0.15) is 11.0 Å². The normalized spacial score (nSPS) is 24.9. The van der Waals surface area contributed by atoms with Gasteiger partial charge in [0.05, 0.1) is 13.8 Å². The van der Waals surface area contributed by atoms with Crippen LogP contribution in [0.2, 0.25) is 0 Å². The summed E-state index contributed by atoms with van der Waals surface area (Å²) in [6.45, 7) is 8.98. The molecule has 0 bridgehead atoms. The van der Waals surface area contributed by atoms with Gasteiger partial charge >= 0.3 is 0 Å². The average molecular weight is 504 g/mol. The van der Waals surface area contributed by atoms with Gasteiger partial charge in [0.2, 0.25) is 0 Å². The molecule has 0 radical (unpaired) electrons. The number of anilines is 1. The molecule has 3 aromatic heterocycles. The van der Waals surface area contributed by atoms with Crippen molar-refractivity contribution in [2.24, 2.45) is 7.05 Å². The smallest absolute Gasteiger partial charge is 0.250 e. The minimum absolute atomic E-state index is 0.0476. The number of piperazine rings is 1. The molecule has 2 aliphatic heterocycles. The van der Waals surface area contributed by atoms with Crippen LogP contribution in [0.4, 0.5) is 5.82 Å². The van der Waals surface area contributed by atoms with Crippen molar-refractivity contribution >= 4 is 27.9 Å². The third kappa shape index (κ3) is 4.20. The number of ether oxygens (including phenoxy) is 1. The Balaban J connectivity index is 1.34. The van der Waals surface area contributed by atoms with Crippen molar-refractivity contribution in [2.45, 2.75) is 64.4 Å². The first kappa shape index (κ1) is 21.8. The van der Waals surface area contributed by atoms with Crippen LogP contribution in [0.1, 0.15) is 60.6 Å². The molecule has 4 atom stereocenters. The highest BCUT2D eigenvalue weighted by molar-refractivity contribution is 5.87. The zero-order valence-electron chi connectivity index (χ0n) is 23.9. The van der Waals surface area contributed by atoms with Crippen LogP contribution in [0.3, 0.4) is 0 Å². The number of hydrogen-bond donors (Lipinski definition) is 0. The summed E-state index contributed by atoms with van der Waals surface area (Å²) in [7, 11) is 1.82. The number of rotatable bonds is 4. The first-order chi connectivity index (χ1) is 18.7. The maximum absolute atomic E-state index is 12.7. The molecule has 194 valence electrons. The summed E-state index contributed by atoms with van der Waals surface area (Å²) in [5, 5.41) is 4.95. The Kier molecular flexibility index (Phi) is 5.61. The topological polar surface area (TPSA) is 81.3 Å². The molecule has 0 N–H and O–H groups in total. The molecule has 2 fully saturated rings. The largest absolute Gasteiger partial charge is 0.356 e. The first-order valence-electron chi connectivity index (χ1n) is 14.2. The van der Waals surface area contributed by atoms with Crippen LogP contribution in [0, 0.1) is 0 Å². The van der Waals surface area contributed by atoms with Gasteiger partial charge in [0, 0.05) is 63.3 Å². The summed E-state index contributed by atoms with van der Waals surface area (Å²) >= 11 is 0. The maximum atomic E-state index is 12.7. The van der Waals surface area contributed by atoms with E-state index in [-0.39, 0.29) is 42.3 Å². The lowest BCUT2D eigenvalue weighted by molar-refractivity contribution is -0.0386. The highest BCUT2D eigenvalue weighted by Crippen LogP contribution is 2.37. The third-order valence-electron chi connectivity index (χ3n) is 8.05. The van der Waals surface area contributed by atoms with E-state index in [1.54, 1.807) is 10.6 Å². The summed E-state index contributed by atoms with van der Waals surface area (Å²) in [6.07, 6.45) is 2.70. The van der Waals surface area contributed by atoms with E-state index in [4.69, 9.17) is 12.6 Å². The molecule has 0 spiro atoms. The summed E-state index contributed by atoms with van der Waals surface area (Å²) in [5.41, 5.74) is 3.99. The van der Waals surface area contributed by atoms with E-state index in [9.17, 15) is 4.79 Å². The van der Waals surface area contributed by atoms with Crippen LogP contribution >= 0.6 is 0 Å². The molecular weight excluding hydrogens is 466 g/mol. The lowest BCUT2D eigenvalue weighted by Crippen LogP contribution is -2.57. The number of nitrogens with zero attached hydrogens (tertiary/aromatic N) is 7. The zero-order valence-corrected chi connectivity index (χ0v) is 21.9. The Morgan fingerprint density at radius 1 is 1.03 bits per heavy atom. The summed E-state index contributed by atoms with van der Waals surface area (Å²) in [5.74, 6) is 0.957. The summed E-state index contributed by atoms with van der Waals surface area (Å²) < 4.78 is 25.6. The van der Waals surface area contributed by atoms with E-state index in [0.717, 1.165) is 61.4 Å². The molecule has 0 saturated carbocycles. The molecule has 37 heavy (non-hydrogen) atoms. The van der Waals surface area contributed by atoms with Gasteiger partial charge in [-0.15, -0.1) is 0 Å². The molecule has 0 aliphatic carbocycles. The lowest BCUT2D eigenvalue weighted by Gasteiger charge is -2.48. The van der Waals surface area contributed by atoms with Crippen molar-refractivity contribution in [1.29, 1.82) is 0 Å². The predicted octanol–water partition coefficient (Wildman–Crippen LogP) is 4.04. The highest BCUT2D eigenvalue weighted by Gasteiger charge is 2.36. The number of aryl methyl sites for hydroxylation is 1. The molecule has 9 nitrogen and oxygen atoms in total. The molecule has 2 unspecified atom stereocenters. The SMILES string of the molecule is [2H]c1nc2ccc(C(C)N3C[C@H](C)N(c4c5c(ccc(=O)n5C)nn4C4CCCCO4)C[C@H]3C)cc2nc1[2H]. The van der Waals surface area contributed by atoms with Crippen LogP contribution in [-0.4, -0.2) is 61.0 Å². The number of pyridine rings is 1. The highest BCUT2D eigenvalue weighted by atomic mass is 16.5. The number of fused-ring (bicyclic) bond motifs is 2. The zero-order chi connectivity index (χ0) is 27.4. The second-order valence-electron chi connectivity index (χ2n) is 10.5. The second-order valence-corrected chi connectivity index (χ2v) is 10.5. The number of hydrogen-bond acceptors (Lipinski definition) is 7.